The van der Waals surface area contributed by atoms with Crippen LogP contribution in [-0.4, -0.2) is 35.8 Å². The van der Waals surface area contributed by atoms with Crippen LogP contribution in [0, 0.1) is 0 Å². The van der Waals surface area contributed by atoms with Gasteiger partial charge in [0.15, 0.2) is 0 Å². The van der Waals surface area contributed by atoms with Gasteiger partial charge >= 0.3 is 0 Å². The number of carbonyl (C=O) groups excluding carboxylic acids is 1. The van der Waals surface area contributed by atoms with E-state index < -0.39 is 10.8 Å². The molecule has 1 aromatic rings. The Balaban J connectivity index is 2.71. The summed E-state index contributed by atoms with van der Waals surface area (Å²) in [5, 5.41) is 2.67. The van der Waals surface area contributed by atoms with Gasteiger partial charge in [0.2, 0.25) is 0 Å². The maximum atomic E-state index is 11.8. The highest BCUT2D eigenvalue weighted by Gasteiger charge is 2.11. The SMILES string of the molecule is COc1cc(N)ccc1C(=O)NCCS(C)=O. The monoisotopic (exact) mass is 256 g/mol. The van der Waals surface area contributed by atoms with Crippen molar-refractivity contribution in [3.8, 4) is 5.75 Å². The van der Waals surface area contributed by atoms with Crippen LogP contribution in [0.25, 0.3) is 0 Å². The maximum Gasteiger partial charge on any atom is 0.255 e. The van der Waals surface area contributed by atoms with Crippen LogP contribution >= 0.6 is 0 Å². The second kappa shape index (κ2) is 6.24. The number of hydrogen-bond acceptors (Lipinski definition) is 4. The van der Waals surface area contributed by atoms with Gasteiger partial charge in [-0.05, 0) is 12.1 Å². The topological polar surface area (TPSA) is 81.4 Å². The molecule has 0 radical (unpaired) electrons. The summed E-state index contributed by atoms with van der Waals surface area (Å²) in [4.78, 5) is 11.8. The van der Waals surface area contributed by atoms with E-state index in [1.54, 1.807) is 24.5 Å². The number of nitrogen functional groups attached to an aromatic ring is 1. The third-order valence-electron chi connectivity index (χ3n) is 2.15. The number of amides is 1. The van der Waals surface area contributed by atoms with Crippen molar-refractivity contribution in [2.24, 2.45) is 0 Å². The Morgan fingerprint density at radius 1 is 1.53 bits per heavy atom. The highest BCUT2D eigenvalue weighted by atomic mass is 32.2. The molecule has 1 amide bonds. The Labute approximate surface area is 103 Å². The first kappa shape index (κ1) is 13.5. The lowest BCUT2D eigenvalue weighted by atomic mass is 10.1. The molecule has 0 aromatic heterocycles. The minimum atomic E-state index is -0.915. The molecule has 0 aliphatic carbocycles. The van der Waals surface area contributed by atoms with E-state index in [4.69, 9.17) is 10.5 Å². The van der Waals surface area contributed by atoms with Gasteiger partial charge in [-0.15, -0.1) is 0 Å². The number of hydrogen-bond donors (Lipinski definition) is 2. The summed E-state index contributed by atoms with van der Waals surface area (Å²) in [7, 11) is 0.564. The maximum absolute atomic E-state index is 11.8. The van der Waals surface area contributed by atoms with E-state index >= 15 is 0 Å². The van der Waals surface area contributed by atoms with Crippen molar-refractivity contribution in [3.05, 3.63) is 23.8 Å². The Hall–Kier alpha value is -1.56. The highest BCUT2D eigenvalue weighted by molar-refractivity contribution is 7.84. The van der Waals surface area contributed by atoms with Crippen molar-refractivity contribution in [1.29, 1.82) is 0 Å². The number of ether oxygens (including phenoxy) is 1. The second-order valence-corrected chi connectivity index (χ2v) is 5.05. The fourth-order valence-corrected chi connectivity index (χ4v) is 1.69. The molecule has 3 N–H and O–H groups in total. The van der Waals surface area contributed by atoms with Crippen LogP contribution in [0.2, 0.25) is 0 Å². The molecule has 5 nitrogen and oxygen atoms in total. The van der Waals surface area contributed by atoms with Crippen LogP contribution in [0.1, 0.15) is 10.4 Å². The zero-order valence-electron chi connectivity index (χ0n) is 9.86. The van der Waals surface area contributed by atoms with Gasteiger partial charge in [0.05, 0.1) is 12.7 Å². The van der Waals surface area contributed by atoms with E-state index in [9.17, 15) is 9.00 Å². The quantitative estimate of drug-likeness (QED) is 0.746. The van der Waals surface area contributed by atoms with E-state index in [1.807, 2.05) is 0 Å². The van der Waals surface area contributed by atoms with E-state index in [2.05, 4.69) is 5.32 Å². The minimum Gasteiger partial charge on any atom is -0.496 e. The number of methoxy groups -OCH3 is 1. The number of nitrogens with two attached hydrogens (primary N) is 1. The average Bonchev–Trinajstić information content (AvgIpc) is 2.28. The van der Waals surface area contributed by atoms with Gasteiger partial charge in [0, 0.05) is 41.1 Å². The fourth-order valence-electron chi connectivity index (χ4n) is 1.30. The van der Waals surface area contributed by atoms with Crippen LogP contribution in [0.3, 0.4) is 0 Å². The molecule has 1 unspecified atom stereocenters. The number of anilines is 1. The molecule has 1 aromatic carbocycles. The van der Waals surface area contributed by atoms with Gasteiger partial charge in [0.1, 0.15) is 5.75 Å². The van der Waals surface area contributed by atoms with Crippen molar-refractivity contribution in [3.63, 3.8) is 0 Å². The van der Waals surface area contributed by atoms with Gasteiger partial charge in [-0.2, -0.15) is 0 Å². The molecular weight excluding hydrogens is 240 g/mol. The summed E-state index contributed by atoms with van der Waals surface area (Å²) in [6.45, 7) is 0.371. The Morgan fingerprint density at radius 2 is 2.24 bits per heavy atom. The Bertz CT molecular complexity index is 435. The van der Waals surface area contributed by atoms with Crippen molar-refractivity contribution in [2.45, 2.75) is 0 Å². The molecule has 1 atom stereocenters. The minimum absolute atomic E-state index is 0.257. The number of benzene rings is 1. The van der Waals surface area contributed by atoms with Crippen molar-refractivity contribution < 1.29 is 13.7 Å². The summed E-state index contributed by atoms with van der Waals surface area (Å²) >= 11 is 0. The van der Waals surface area contributed by atoms with Gasteiger partial charge in [-0.1, -0.05) is 0 Å². The number of nitrogens with one attached hydrogen (secondary N) is 1. The summed E-state index contributed by atoms with van der Waals surface area (Å²) in [5.74, 6) is 0.607. The van der Waals surface area contributed by atoms with E-state index in [1.165, 1.54) is 7.11 Å². The first-order valence-corrected chi connectivity index (χ1v) is 6.79. The molecular formula is C11H16N2O3S. The second-order valence-electron chi connectivity index (χ2n) is 3.49. The zero-order chi connectivity index (χ0) is 12.8. The standard InChI is InChI=1S/C11H16N2O3S/c1-16-10-7-8(12)3-4-9(10)11(14)13-5-6-17(2)15/h3-4,7H,5-6,12H2,1-2H3,(H,13,14). The van der Waals surface area contributed by atoms with E-state index in [0.29, 0.717) is 29.3 Å². The lowest BCUT2D eigenvalue weighted by Crippen LogP contribution is -2.27. The third-order valence-corrected chi connectivity index (χ3v) is 2.92. The molecule has 0 saturated carbocycles. The average molecular weight is 256 g/mol. The molecule has 0 bridgehead atoms. The van der Waals surface area contributed by atoms with Gasteiger partial charge in [-0.25, -0.2) is 0 Å². The molecule has 0 spiro atoms. The summed E-state index contributed by atoms with van der Waals surface area (Å²) in [6.07, 6.45) is 1.59. The first-order chi connectivity index (χ1) is 8.04. The van der Waals surface area contributed by atoms with Crippen LogP contribution in [0.15, 0.2) is 18.2 Å². The lowest BCUT2D eigenvalue weighted by Gasteiger charge is -2.09. The Morgan fingerprint density at radius 3 is 2.82 bits per heavy atom. The van der Waals surface area contributed by atoms with Crippen LogP contribution in [0.4, 0.5) is 5.69 Å². The smallest absolute Gasteiger partial charge is 0.255 e. The fraction of sp³-hybridized carbons (Fsp3) is 0.364. The molecule has 1 rings (SSSR count). The zero-order valence-corrected chi connectivity index (χ0v) is 10.7. The highest BCUT2D eigenvalue weighted by Crippen LogP contribution is 2.21. The Kier molecular flexibility index (Phi) is 4.96. The molecule has 0 fully saturated rings. The molecule has 94 valence electrons. The lowest BCUT2D eigenvalue weighted by molar-refractivity contribution is 0.0953. The molecule has 0 heterocycles. The van der Waals surface area contributed by atoms with E-state index in [-0.39, 0.29) is 5.91 Å². The first-order valence-electron chi connectivity index (χ1n) is 5.06. The summed E-state index contributed by atoms with van der Waals surface area (Å²) in [6, 6.07) is 4.83. The third kappa shape index (κ3) is 4.07. The van der Waals surface area contributed by atoms with Gasteiger partial charge in [0.25, 0.3) is 5.91 Å². The number of carbonyl (C=O) groups is 1. The molecule has 0 saturated heterocycles. The molecule has 0 aliphatic rings. The van der Waals surface area contributed by atoms with Crippen molar-refractivity contribution in [1.82, 2.24) is 5.32 Å². The van der Waals surface area contributed by atoms with Crippen molar-refractivity contribution in [2.75, 3.05) is 31.4 Å². The normalized spacial score (nSPS) is 11.9. The van der Waals surface area contributed by atoms with Gasteiger partial charge in [-0.3, -0.25) is 9.00 Å². The van der Waals surface area contributed by atoms with Gasteiger partial charge < -0.3 is 15.8 Å². The van der Waals surface area contributed by atoms with E-state index in [0.717, 1.165) is 0 Å². The van der Waals surface area contributed by atoms with Crippen LogP contribution in [0.5, 0.6) is 5.75 Å². The van der Waals surface area contributed by atoms with Crippen LogP contribution < -0.4 is 15.8 Å². The molecule has 17 heavy (non-hydrogen) atoms. The summed E-state index contributed by atoms with van der Waals surface area (Å²) in [5.41, 5.74) is 6.55. The number of rotatable bonds is 5. The van der Waals surface area contributed by atoms with Crippen molar-refractivity contribution >= 4 is 22.4 Å². The summed E-state index contributed by atoms with van der Waals surface area (Å²) < 4.78 is 15.9. The predicted molar refractivity (Wildman–Crippen MR) is 68.7 cm³/mol. The predicted octanol–water partition coefficient (Wildman–Crippen LogP) is 0.386. The van der Waals surface area contributed by atoms with Crippen LogP contribution in [-0.2, 0) is 10.8 Å². The molecule has 6 heteroatoms. The largest absolute Gasteiger partial charge is 0.496 e. The molecule has 0 aliphatic heterocycles.